The quantitative estimate of drug-likeness (QED) is 0.736. The van der Waals surface area contributed by atoms with Crippen molar-refractivity contribution >= 4 is 40.8 Å². The monoisotopic (exact) mass is 346 g/mol. The van der Waals surface area contributed by atoms with Gasteiger partial charge in [-0.3, -0.25) is 9.20 Å². The summed E-state index contributed by atoms with van der Waals surface area (Å²) in [5, 5.41) is 11.8. The number of aromatic nitrogens is 3. The number of carbonyl (C=O) groups excluding carboxylic acids is 1. The Balaban J connectivity index is 1.63. The van der Waals surface area contributed by atoms with Crippen LogP contribution < -0.4 is 5.32 Å². The fourth-order valence-corrected chi connectivity index (χ4v) is 2.33. The van der Waals surface area contributed by atoms with Crippen LogP contribution in [0.2, 0.25) is 10.0 Å². The van der Waals surface area contributed by atoms with Gasteiger partial charge in [-0.05, 0) is 35.9 Å². The first kappa shape index (κ1) is 15.5. The number of rotatable bonds is 4. The van der Waals surface area contributed by atoms with E-state index in [1.807, 2.05) is 28.8 Å². The van der Waals surface area contributed by atoms with Gasteiger partial charge in [0.15, 0.2) is 11.5 Å². The number of carbonyl (C=O) groups is 1. The first-order valence-electron chi connectivity index (χ1n) is 6.83. The molecule has 1 aromatic carbocycles. The average Bonchev–Trinajstić information content (AvgIpc) is 2.97. The van der Waals surface area contributed by atoms with Gasteiger partial charge in [0.05, 0.1) is 16.6 Å². The molecule has 0 fully saturated rings. The molecule has 0 unspecified atom stereocenters. The van der Waals surface area contributed by atoms with Gasteiger partial charge < -0.3 is 5.32 Å². The van der Waals surface area contributed by atoms with E-state index in [0.29, 0.717) is 15.9 Å². The lowest BCUT2D eigenvalue weighted by Crippen LogP contribution is -2.21. The van der Waals surface area contributed by atoms with Gasteiger partial charge >= 0.3 is 0 Å². The molecule has 3 aromatic rings. The minimum atomic E-state index is -0.233. The molecule has 0 spiro atoms. The molecule has 2 aromatic heterocycles. The number of hydrogen-bond donors (Lipinski definition) is 1. The van der Waals surface area contributed by atoms with Crippen LogP contribution in [-0.4, -0.2) is 20.5 Å². The summed E-state index contributed by atoms with van der Waals surface area (Å²) in [4.78, 5) is 11.9. The first-order valence-corrected chi connectivity index (χ1v) is 7.59. The smallest absolute Gasteiger partial charge is 0.244 e. The van der Waals surface area contributed by atoms with Crippen molar-refractivity contribution in [3.05, 3.63) is 70.1 Å². The zero-order chi connectivity index (χ0) is 16.2. The van der Waals surface area contributed by atoms with Crippen molar-refractivity contribution < 1.29 is 4.79 Å². The summed E-state index contributed by atoms with van der Waals surface area (Å²) in [5.41, 5.74) is 1.53. The Hall–Kier alpha value is -2.37. The molecule has 5 nitrogen and oxygen atoms in total. The lowest BCUT2D eigenvalue weighted by Gasteiger charge is -2.01. The van der Waals surface area contributed by atoms with E-state index in [1.54, 1.807) is 24.3 Å². The number of hydrogen-bond acceptors (Lipinski definition) is 3. The fraction of sp³-hybridized carbons (Fsp3) is 0.0625. The molecule has 116 valence electrons. The van der Waals surface area contributed by atoms with E-state index < -0.39 is 0 Å². The summed E-state index contributed by atoms with van der Waals surface area (Å²) < 4.78 is 1.82. The molecule has 0 saturated heterocycles. The number of fused-ring (bicyclic) bond motifs is 1. The third kappa shape index (κ3) is 3.70. The van der Waals surface area contributed by atoms with Crippen molar-refractivity contribution in [1.82, 2.24) is 19.9 Å². The highest BCUT2D eigenvalue weighted by Gasteiger charge is 2.05. The molecule has 1 N–H and O–H groups in total. The Morgan fingerprint density at radius 1 is 1.17 bits per heavy atom. The molecule has 0 aliphatic rings. The molecular weight excluding hydrogens is 335 g/mol. The molecule has 1 amide bonds. The number of halogens is 2. The largest absolute Gasteiger partial charge is 0.345 e. The maximum Gasteiger partial charge on any atom is 0.244 e. The molecule has 2 heterocycles. The zero-order valence-electron chi connectivity index (χ0n) is 11.9. The van der Waals surface area contributed by atoms with Crippen molar-refractivity contribution in [2.75, 3.05) is 0 Å². The normalized spacial score (nSPS) is 11.2. The first-order chi connectivity index (χ1) is 11.1. The highest BCUT2D eigenvalue weighted by Crippen LogP contribution is 2.23. The standard InChI is InChI=1S/C16H12Cl2N4O/c17-12-6-4-11(9-13(12)18)5-7-16(23)19-10-15-21-20-14-3-1-2-8-22(14)15/h1-9H,10H2,(H,19,23)/b7-5+. The Morgan fingerprint density at radius 2 is 2.04 bits per heavy atom. The van der Waals surface area contributed by atoms with Crippen LogP contribution in [0.5, 0.6) is 0 Å². The van der Waals surface area contributed by atoms with E-state index in [0.717, 1.165) is 11.2 Å². The maximum absolute atomic E-state index is 11.9. The third-order valence-corrected chi connectivity index (χ3v) is 3.91. The second kappa shape index (κ2) is 6.81. The zero-order valence-corrected chi connectivity index (χ0v) is 13.4. The number of nitrogens with zero attached hydrogens (tertiary/aromatic N) is 3. The summed E-state index contributed by atoms with van der Waals surface area (Å²) in [6.45, 7) is 0.287. The van der Waals surface area contributed by atoms with Gasteiger partial charge in [0.25, 0.3) is 0 Å². The third-order valence-electron chi connectivity index (χ3n) is 3.18. The summed E-state index contributed by atoms with van der Waals surface area (Å²) in [5.74, 6) is 0.431. The SMILES string of the molecule is O=C(/C=C/c1ccc(Cl)c(Cl)c1)NCc1nnc2ccccn12. The van der Waals surface area contributed by atoms with Gasteiger partial charge in [-0.1, -0.05) is 35.3 Å². The van der Waals surface area contributed by atoms with E-state index in [1.165, 1.54) is 6.08 Å². The summed E-state index contributed by atoms with van der Waals surface area (Å²) in [6, 6.07) is 10.8. The Bertz CT molecular complexity index is 889. The maximum atomic E-state index is 11.9. The van der Waals surface area contributed by atoms with Crippen LogP contribution in [-0.2, 0) is 11.3 Å². The second-order valence-electron chi connectivity index (χ2n) is 4.77. The van der Waals surface area contributed by atoms with Gasteiger partial charge in [0.2, 0.25) is 5.91 Å². The molecule has 0 bridgehead atoms. The van der Waals surface area contributed by atoms with Crippen LogP contribution in [0.25, 0.3) is 11.7 Å². The van der Waals surface area contributed by atoms with Crippen LogP contribution >= 0.6 is 23.2 Å². The Kier molecular flexibility index (Phi) is 4.60. The number of pyridine rings is 1. The van der Waals surface area contributed by atoms with Crippen LogP contribution in [0.15, 0.2) is 48.7 Å². The van der Waals surface area contributed by atoms with E-state index in [2.05, 4.69) is 15.5 Å². The fourth-order valence-electron chi connectivity index (χ4n) is 2.02. The molecule has 0 atom stereocenters. The van der Waals surface area contributed by atoms with Gasteiger partial charge in [0.1, 0.15) is 0 Å². The van der Waals surface area contributed by atoms with Crippen molar-refractivity contribution in [1.29, 1.82) is 0 Å². The van der Waals surface area contributed by atoms with E-state index in [4.69, 9.17) is 23.2 Å². The molecule has 0 radical (unpaired) electrons. The highest BCUT2D eigenvalue weighted by molar-refractivity contribution is 6.42. The van der Waals surface area contributed by atoms with Crippen molar-refractivity contribution in [3.63, 3.8) is 0 Å². The van der Waals surface area contributed by atoms with Crippen LogP contribution in [0.3, 0.4) is 0 Å². The topological polar surface area (TPSA) is 59.3 Å². The molecular formula is C16H12Cl2N4O. The summed E-state index contributed by atoms with van der Waals surface area (Å²) in [6.07, 6.45) is 4.95. The van der Waals surface area contributed by atoms with Crippen LogP contribution in [0.1, 0.15) is 11.4 Å². The van der Waals surface area contributed by atoms with E-state index in [-0.39, 0.29) is 12.5 Å². The molecule has 7 heteroatoms. The number of nitrogens with one attached hydrogen (secondary N) is 1. The predicted molar refractivity (Wildman–Crippen MR) is 90.3 cm³/mol. The van der Waals surface area contributed by atoms with Crippen molar-refractivity contribution in [3.8, 4) is 0 Å². The molecule has 0 saturated carbocycles. The number of benzene rings is 1. The molecule has 0 aliphatic heterocycles. The molecule has 23 heavy (non-hydrogen) atoms. The summed E-state index contributed by atoms with van der Waals surface area (Å²) >= 11 is 11.8. The lowest BCUT2D eigenvalue weighted by molar-refractivity contribution is -0.116. The van der Waals surface area contributed by atoms with E-state index in [9.17, 15) is 4.79 Å². The van der Waals surface area contributed by atoms with Gasteiger partial charge in [0, 0.05) is 12.3 Å². The Labute approximate surface area is 142 Å². The van der Waals surface area contributed by atoms with Crippen molar-refractivity contribution in [2.45, 2.75) is 6.54 Å². The average molecular weight is 347 g/mol. The second-order valence-corrected chi connectivity index (χ2v) is 5.58. The van der Waals surface area contributed by atoms with Crippen LogP contribution in [0, 0.1) is 0 Å². The van der Waals surface area contributed by atoms with Gasteiger partial charge in [-0.15, -0.1) is 10.2 Å². The Morgan fingerprint density at radius 3 is 2.87 bits per heavy atom. The van der Waals surface area contributed by atoms with E-state index >= 15 is 0 Å². The molecule has 3 rings (SSSR count). The van der Waals surface area contributed by atoms with Crippen LogP contribution in [0.4, 0.5) is 0 Å². The predicted octanol–water partition coefficient (Wildman–Crippen LogP) is 3.37. The van der Waals surface area contributed by atoms with Crippen molar-refractivity contribution in [2.24, 2.45) is 0 Å². The minimum Gasteiger partial charge on any atom is -0.345 e. The lowest BCUT2D eigenvalue weighted by atomic mass is 10.2. The van der Waals surface area contributed by atoms with Gasteiger partial charge in [-0.2, -0.15) is 0 Å². The molecule has 0 aliphatic carbocycles. The number of amides is 1. The van der Waals surface area contributed by atoms with Gasteiger partial charge in [-0.25, -0.2) is 0 Å². The highest BCUT2D eigenvalue weighted by atomic mass is 35.5. The summed E-state index contributed by atoms with van der Waals surface area (Å²) in [7, 11) is 0. The minimum absolute atomic E-state index is 0.233.